The summed E-state index contributed by atoms with van der Waals surface area (Å²) < 4.78 is 5.50. The van der Waals surface area contributed by atoms with Crippen LogP contribution in [0.25, 0.3) is 10.9 Å². The van der Waals surface area contributed by atoms with E-state index in [2.05, 4.69) is 25.9 Å². The number of esters is 1. The van der Waals surface area contributed by atoms with Crippen molar-refractivity contribution in [2.45, 2.75) is 13.3 Å². The first kappa shape index (κ1) is 14.0. The Morgan fingerprint density at radius 2 is 2.26 bits per heavy atom. The maximum atomic E-state index is 11.9. The zero-order valence-electron chi connectivity index (χ0n) is 10.00. The van der Waals surface area contributed by atoms with Crippen LogP contribution in [0.15, 0.2) is 21.4 Å². The van der Waals surface area contributed by atoms with E-state index in [9.17, 15) is 9.59 Å². The molecule has 0 aliphatic heterocycles. The Morgan fingerprint density at radius 1 is 1.53 bits per heavy atom. The Hall–Kier alpha value is -1.40. The normalized spacial score (nSPS) is 10.7. The molecule has 0 spiro atoms. The van der Waals surface area contributed by atoms with E-state index in [1.54, 1.807) is 19.1 Å². The smallest absolute Gasteiger partial charge is 0.313 e. The Kier molecular flexibility index (Phi) is 4.21. The van der Waals surface area contributed by atoms with Crippen LogP contribution in [0, 0.1) is 0 Å². The fraction of sp³-hybridized carbons (Fsp3) is 0.250. The first-order valence-corrected chi connectivity index (χ1v) is 6.72. The van der Waals surface area contributed by atoms with E-state index in [0.29, 0.717) is 20.4 Å². The van der Waals surface area contributed by atoms with Gasteiger partial charge in [-0.15, -0.1) is 0 Å². The molecule has 0 aliphatic carbocycles. The average molecular weight is 346 g/mol. The summed E-state index contributed by atoms with van der Waals surface area (Å²) in [4.78, 5) is 30.0. The second-order valence-electron chi connectivity index (χ2n) is 3.78. The number of hydrogen-bond donors (Lipinski definition) is 1. The van der Waals surface area contributed by atoms with Crippen molar-refractivity contribution in [3.05, 3.63) is 37.8 Å². The second kappa shape index (κ2) is 5.71. The third kappa shape index (κ3) is 3.13. The molecule has 1 N–H and O–H groups in total. The first-order valence-electron chi connectivity index (χ1n) is 5.55. The van der Waals surface area contributed by atoms with Gasteiger partial charge < -0.3 is 9.72 Å². The lowest BCUT2D eigenvalue weighted by Crippen LogP contribution is -2.16. The van der Waals surface area contributed by atoms with Gasteiger partial charge in [0.2, 0.25) is 0 Å². The van der Waals surface area contributed by atoms with Crippen molar-refractivity contribution < 1.29 is 9.53 Å². The van der Waals surface area contributed by atoms with Crippen molar-refractivity contribution in [3.8, 4) is 0 Å². The van der Waals surface area contributed by atoms with Crippen molar-refractivity contribution in [2.24, 2.45) is 0 Å². The lowest BCUT2D eigenvalue weighted by atomic mass is 10.2. The standard InChI is InChI=1S/C12H10BrClN2O3/c1-2-19-10(17)5-9-15-11-7(12(18)16-9)3-6(13)4-8(11)14/h3-4H,2,5H2,1H3,(H,15,16,18). The van der Waals surface area contributed by atoms with Gasteiger partial charge in [0.25, 0.3) is 5.56 Å². The van der Waals surface area contributed by atoms with Crippen molar-refractivity contribution >= 4 is 44.4 Å². The largest absolute Gasteiger partial charge is 0.466 e. The number of ether oxygens (including phenoxy) is 1. The Labute approximate surface area is 122 Å². The van der Waals surface area contributed by atoms with Gasteiger partial charge in [0, 0.05) is 4.47 Å². The van der Waals surface area contributed by atoms with Crippen molar-refractivity contribution in [1.29, 1.82) is 0 Å². The van der Waals surface area contributed by atoms with Gasteiger partial charge in [-0.05, 0) is 19.1 Å². The number of halogens is 2. The summed E-state index contributed by atoms with van der Waals surface area (Å²) in [5.74, 6) is -0.210. The number of carbonyl (C=O) groups is 1. The molecule has 0 fully saturated rings. The van der Waals surface area contributed by atoms with Crippen LogP contribution >= 0.6 is 27.5 Å². The molecule has 0 aliphatic rings. The molecule has 0 saturated carbocycles. The van der Waals surface area contributed by atoms with Gasteiger partial charge in [0.05, 0.1) is 22.5 Å². The first-order chi connectivity index (χ1) is 9.01. The van der Waals surface area contributed by atoms with Gasteiger partial charge in [-0.25, -0.2) is 4.98 Å². The van der Waals surface area contributed by atoms with Gasteiger partial charge in [0.15, 0.2) is 0 Å². The van der Waals surface area contributed by atoms with Crippen LogP contribution in [0.2, 0.25) is 5.02 Å². The van der Waals surface area contributed by atoms with Crippen molar-refractivity contribution in [2.75, 3.05) is 6.61 Å². The van der Waals surface area contributed by atoms with Gasteiger partial charge in [-0.1, -0.05) is 27.5 Å². The number of nitrogens with zero attached hydrogens (tertiary/aromatic N) is 1. The molecular weight excluding hydrogens is 336 g/mol. The molecule has 0 unspecified atom stereocenters. The molecule has 2 aromatic rings. The Morgan fingerprint density at radius 3 is 2.95 bits per heavy atom. The van der Waals surface area contributed by atoms with Crippen LogP contribution < -0.4 is 5.56 Å². The molecule has 0 bridgehead atoms. The highest BCUT2D eigenvalue weighted by atomic mass is 79.9. The van der Waals surface area contributed by atoms with Crippen LogP contribution in [0.4, 0.5) is 0 Å². The fourth-order valence-electron chi connectivity index (χ4n) is 1.65. The highest BCUT2D eigenvalue weighted by molar-refractivity contribution is 9.10. The van der Waals surface area contributed by atoms with Crippen LogP contribution in [0.3, 0.4) is 0 Å². The van der Waals surface area contributed by atoms with Crippen LogP contribution in [-0.2, 0) is 16.0 Å². The average Bonchev–Trinajstić information content (AvgIpc) is 2.31. The van der Waals surface area contributed by atoms with Crippen molar-refractivity contribution in [1.82, 2.24) is 9.97 Å². The lowest BCUT2D eigenvalue weighted by molar-refractivity contribution is -0.142. The summed E-state index contributed by atoms with van der Waals surface area (Å²) in [6, 6.07) is 3.27. The third-order valence-corrected chi connectivity index (χ3v) is 3.14. The molecule has 7 heteroatoms. The number of carbonyl (C=O) groups excluding carboxylic acids is 1. The zero-order chi connectivity index (χ0) is 14.0. The van der Waals surface area contributed by atoms with E-state index in [1.807, 2.05) is 0 Å². The molecule has 0 atom stereocenters. The second-order valence-corrected chi connectivity index (χ2v) is 5.10. The summed E-state index contributed by atoms with van der Waals surface area (Å²) in [5.41, 5.74) is 0.0282. The van der Waals surface area contributed by atoms with Gasteiger partial charge in [0.1, 0.15) is 12.2 Å². The third-order valence-electron chi connectivity index (χ3n) is 2.39. The van der Waals surface area contributed by atoms with Crippen molar-refractivity contribution in [3.63, 3.8) is 0 Å². The maximum Gasteiger partial charge on any atom is 0.313 e. The van der Waals surface area contributed by atoms with E-state index in [4.69, 9.17) is 16.3 Å². The van der Waals surface area contributed by atoms with E-state index in [1.165, 1.54) is 0 Å². The van der Waals surface area contributed by atoms with E-state index in [-0.39, 0.29) is 24.4 Å². The fourth-order valence-corrected chi connectivity index (χ4v) is 2.50. The monoisotopic (exact) mass is 344 g/mol. The number of benzene rings is 1. The zero-order valence-corrected chi connectivity index (χ0v) is 12.3. The molecule has 100 valence electrons. The van der Waals surface area contributed by atoms with E-state index >= 15 is 0 Å². The Bertz CT molecular complexity index is 699. The number of fused-ring (bicyclic) bond motifs is 1. The predicted octanol–water partition coefficient (Wildman–Crippen LogP) is 2.44. The number of aromatic amines is 1. The quantitative estimate of drug-likeness (QED) is 0.867. The SMILES string of the molecule is CCOC(=O)Cc1nc2c(Cl)cc(Br)cc2c(=O)[nH]1. The van der Waals surface area contributed by atoms with Crippen LogP contribution in [0.1, 0.15) is 12.7 Å². The molecule has 1 aromatic heterocycles. The van der Waals surface area contributed by atoms with E-state index in [0.717, 1.165) is 0 Å². The number of nitrogens with one attached hydrogen (secondary N) is 1. The minimum absolute atomic E-state index is 0.0919. The molecule has 0 amide bonds. The predicted molar refractivity (Wildman–Crippen MR) is 75.4 cm³/mol. The molecule has 19 heavy (non-hydrogen) atoms. The van der Waals surface area contributed by atoms with Gasteiger partial charge in [-0.2, -0.15) is 0 Å². The number of H-pyrrole nitrogens is 1. The molecule has 1 aromatic carbocycles. The van der Waals surface area contributed by atoms with E-state index < -0.39 is 5.97 Å². The topological polar surface area (TPSA) is 72.0 Å². The molecule has 1 heterocycles. The molecule has 5 nitrogen and oxygen atoms in total. The highest BCUT2D eigenvalue weighted by Gasteiger charge is 2.11. The summed E-state index contributed by atoms with van der Waals surface area (Å²) >= 11 is 9.30. The Balaban J connectivity index is 2.50. The molecule has 2 rings (SSSR count). The maximum absolute atomic E-state index is 11.9. The minimum atomic E-state index is -0.446. The minimum Gasteiger partial charge on any atom is -0.466 e. The van der Waals surface area contributed by atoms with Crippen LogP contribution in [-0.4, -0.2) is 22.5 Å². The van der Waals surface area contributed by atoms with Gasteiger partial charge in [-0.3, -0.25) is 9.59 Å². The van der Waals surface area contributed by atoms with Crippen LogP contribution in [0.5, 0.6) is 0 Å². The number of rotatable bonds is 3. The highest BCUT2D eigenvalue weighted by Crippen LogP contribution is 2.24. The number of hydrogen-bond acceptors (Lipinski definition) is 4. The molecular formula is C12H10BrClN2O3. The molecule has 0 saturated heterocycles. The molecule has 0 radical (unpaired) electrons. The summed E-state index contributed by atoms with van der Waals surface area (Å²) in [5, 5.41) is 0.715. The summed E-state index contributed by atoms with van der Waals surface area (Å²) in [6.45, 7) is 1.99. The number of aromatic nitrogens is 2. The lowest BCUT2D eigenvalue weighted by Gasteiger charge is -2.05. The van der Waals surface area contributed by atoms with Gasteiger partial charge >= 0.3 is 5.97 Å². The summed E-state index contributed by atoms with van der Waals surface area (Å²) in [7, 11) is 0. The summed E-state index contributed by atoms with van der Waals surface area (Å²) in [6.07, 6.45) is -0.0919.